The van der Waals surface area contributed by atoms with Crippen molar-refractivity contribution in [3.05, 3.63) is 120 Å². The van der Waals surface area contributed by atoms with Crippen molar-refractivity contribution in [3.8, 4) is 0 Å². The van der Waals surface area contributed by atoms with Gasteiger partial charge in [-0.2, -0.15) is 42.7 Å². The molecule has 20 nitrogen and oxygen atoms in total. The van der Waals surface area contributed by atoms with Crippen LogP contribution in [0.15, 0.2) is 119 Å². The Hall–Kier alpha value is -4.12. The summed E-state index contributed by atoms with van der Waals surface area (Å²) in [7, 11) is -6.21. The molecule has 2 atom stereocenters. The van der Waals surface area contributed by atoms with E-state index in [4.69, 9.17) is 4.74 Å². The third-order valence-corrected chi connectivity index (χ3v) is 28.5. The number of rotatable bonds is 17. The molecule has 1 N–H and O–H groups in total. The van der Waals surface area contributed by atoms with Crippen LogP contribution in [0.5, 0.6) is 0 Å². The molecule has 2 saturated carbocycles. The Morgan fingerprint density at radius 1 is 0.379 bits per heavy atom. The van der Waals surface area contributed by atoms with Crippen molar-refractivity contribution in [3.63, 3.8) is 0 Å². The maximum absolute atomic E-state index is 14.3. The van der Waals surface area contributed by atoms with Gasteiger partial charge in [-0.3, -0.25) is 0 Å². The number of methoxy groups -OCH3 is 1. The lowest BCUT2D eigenvalue weighted by atomic mass is 9.89. The van der Waals surface area contributed by atoms with Crippen LogP contribution >= 0.6 is 0 Å². The van der Waals surface area contributed by atoms with Gasteiger partial charge < -0.3 is 29.4 Å². The van der Waals surface area contributed by atoms with E-state index in [1.165, 1.54) is 88.3 Å². The summed E-state index contributed by atoms with van der Waals surface area (Å²) in [5.74, 6) is 1.93. The minimum atomic E-state index is -3.92. The van der Waals surface area contributed by atoms with E-state index in [0.717, 1.165) is 82.7 Å². The Kier molecular flexibility index (Phi) is 28.3. The van der Waals surface area contributed by atoms with Crippen LogP contribution in [-0.4, -0.2) is 240 Å². The molecule has 0 bridgehead atoms. The second kappa shape index (κ2) is 35.8. The van der Waals surface area contributed by atoms with Crippen LogP contribution in [0.2, 0.25) is 0 Å². The van der Waals surface area contributed by atoms with Crippen molar-refractivity contribution in [2.75, 3.05) is 163 Å². The van der Waals surface area contributed by atoms with Gasteiger partial charge in [0.15, 0.2) is 0 Å². The molecule has 4 saturated heterocycles. The number of ether oxygens (including phenoxy) is 1. The Morgan fingerprint density at radius 2 is 0.705 bits per heavy atom. The number of benzene rings is 4. The quantitative estimate of drug-likeness (QED) is 0.105. The topological polar surface area (TPSA) is 198 Å². The number of piperidine rings is 2. The van der Waals surface area contributed by atoms with Crippen molar-refractivity contribution in [2.45, 2.75) is 149 Å². The predicted molar refractivity (Wildman–Crippen MR) is 381 cm³/mol. The van der Waals surface area contributed by atoms with Crippen LogP contribution < -0.4 is 9.80 Å². The summed E-state index contributed by atoms with van der Waals surface area (Å²) in [5, 5.41) is 11.3. The van der Waals surface area contributed by atoms with E-state index < -0.39 is 52.7 Å². The van der Waals surface area contributed by atoms with Crippen LogP contribution in [0.3, 0.4) is 0 Å². The standard InChI is InChI=1S/C36H57N5O5S2.C35H55N5O5S2/c1-37(2)34-16-18-36(19-17-34)47(42,43)40-24-10-22-38(28-31-12-6-4-7-13-31)23-11-25-41(30-35(29-40)46-3)48(44,45)39-26-20-33(21-27-39)32-14-8-5-9-15-32;1-36(2)33-15-17-35(18-16-33)46(42,43)39-23-9-21-37(27-30-11-5-3-6-12-30)22-10-24-40(29-34(41)28-39)47(44,45)38-25-19-32(20-26-38)31-13-7-4-8-14-31/h5,8-9,14-19,31,33,35H,4,6-7,10-13,20-30H2,1-3H3;4,7-8,13-18,30,32,34,41H,3,5-6,9-12,19-29H2,1-2H3. The first-order valence-electron chi connectivity index (χ1n) is 35.4. The van der Waals surface area contributed by atoms with Crippen LogP contribution in [0.25, 0.3) is 0 Å². The predicted octanol–water partition coefficient (Wildman–Crippen LogP) is 9.07. The first kappa shape index (κ1) is 75.1. The highest BCUT2D eigenvalue weighted by Crippen LogP contribution is 2.34. The lowest BCUT2D eigenvalue weighted by Gasteiger charge is -2.37. The van der Waals surface area contributed by atoms with Crippen molar-refractivity contribution in [2.24, 2.45) is 11.8 Å². The molecule has 4 heterocycles. The number of aliphatic hydroxyl groups excluding tert-OH is 1. The first-order valence-corrected chi connectivity index (χ1v) is 41.1. The number of anilines is 2. The normalized spacial score (nSPS) is 23.5. The largest absolute Gasteiger partial charge is 0.390 e. The Bertz CT molecular complexity index is 3390. The molecular formula is C71H112N10O10S4. The molecule has 530 valence electrons. The summed E-state index contributed by atoms with van der Waals surface area (Å²) >= 11 is 0. The third-order valence-electron chi connectivity index (χ3n) is 20.7. The minimum Gasteiger partial charge on any atom is -0.390 e. The van der Waals surface area contributed by atoms with Gasteiger partial charge in [0.05, 0.1) is 22.0 Å². The molecule has 2 unspecified atom stereocenters. The Morgan fingerprint density at radius 3 is 1.06 bits per heavy atom. The average molecular weight is 1390 g/mol. The van der Waals surface area contributed by atoms with Gasteiger partial charge in [-0.1, -0.05) is 99.2 Å². The number of hydrogen-bond donors (Lipinski definition) is 1. The maximum atomic E-state index is 14.3. The average Bonchev–Trinajstić information content (AvgIpc) is 0.874. The number of nitrogens with zero attached hydrogens (tertiary/aromatic N) is 10. The molecule has 95 heavy (non-hydrogen) atoms. The van der Waals surface area contributed by atoms with Gasteiger partial charge in [-0.25, -0.2) is 16.8 Å². The molecule has 10 rings (SSSR count). The highest BCUT2D eigenvalue weighted by Gasteiger charge is 2.39. The van der Waals surface area contributed by atoms with Gasteiger partial charge in [0.25, 0.3) is 20.4 Å². The SMILES string of the molecule is CN(C)c1ccc(S(=O)(=O)N2CCCN(CC3CCCCC3)CCCN(S(=O)(=O)N3CCC(c4ccccc4)CC3)CC(O)C2)cc1.COC1CN(S(=O)(=O)c2ccc(N(C)C)cc2)CCCN(CC2CCCCC2)CCCN(S(=O)(=O)N2CCC(c3ccccc3)CC2)C1. The Labute approximate surface area is 572 Å². The fourth-order valence-corrected chi connectivity index (χ4v) is 21.6. The molecule has 0 spiro atoms. The number of β-amino-alcohol motifs (C(OH)–C–C–N with tert-alkyl or cyclic N) is 1. The van der Waals surface area contributed by atoms with E-state index in [1.807, 2.05) is 86.5 Å². The summed E-state index contributed by atoms with van der Waals surface area (Å²) in [5.41, 5.74) is 4.31. The molecule has 0 aromatic heterocycles. The summed E-state index contributed by atoms with van der Waals surface area (Å²) in [6.45, 7) is 7.91. The summed E-state index contributed by atoms with van der Waals surface area (Å²) < 4.78 is 128. The molecule has 0 amide bonds. The van der Waals surface area contributed by atoms with Crippen molar-refractivity contribution >= 4 is 51.8 Å². The lowest BCUT2D eigenvalue weighted by molar-refractivity contribution is 0.0636. The Balaban J connectivity index is 0.000000223. The smallest absolute Gasteiger partial charge is 0.282 e. The molecule has 24 heteroatoms. The fourth-order valence-electron chi connectivity index (χ4n) is 15.1. The minimum absolute atomic E-state index is 0.0823. The van der Waals surface area contributed by atoms with Gasteiger partial charge in [-0.05, 0) is 187 Å². The van der Waals surface area contributed by atoms with E-state index in [-0.39, 0.29) is 49.1 Å². The molecule has 4 aromatic rings. The van der Waals surface area contributed by atoms with E-state index in [2.05, 4.69) is 34.1 Å². The van der Waals surface area contributed by atoms with Crippen LogP contribution in [0, 0.1) is 11.8 Å². The van der Waals surface area contributed by atoms with Crippen molar-refractivity contribution in [1.82, 2.24) is 35.6 Å². The zero-order chi connectivity index (χ0) is 67.6. The van der Waals surface area contributed by atoms with E-state index in [1.54, 1.807) is 56.4 Å². The highest BCUT2D eigenvalue weighted by molar-refractivity contribution is 7.89. The summed E-state index contributed by atoms with van der Waals surface area (Å²) in [4.78, 5) is 9.13. The van der Waals surface area contributed by atoms with Gasteiger partial charge in [0, 0.05) is 138 Å². The monoisotopic (exact) mass is 1390 g/mol. The van der Waals surface area contributed by atoms with Gasteiger partial charge >= 0.3 is 0 Å². The lowest BCUT2D eigenvalue weighted by Crippen LogP contribution is -2.52. The van der Waals surface area contributed by atoms with Gasteiger partial charge in [0.1, 0.15) is 0 Å². The maximum Gasteiger partial charge on any atom is 0.282 e. The molecule has 0 radical (unpaired) electrons. The van der Waals surface area contributed by atoms with E-state index in [9.17, 15) is 38.8 Å². The van der Waals surface area contributed by atoms with Crippen molar-refractivity contribution in [1.29, 1.82) is 0 Å². The zero-order valence-corrected chi connectivity index (χ0v) is 60.8. The van der Waals surface area contributed by atoms with E-state index in [0.29, 0.717) is 82.2 Å². The van der Waals surface area contributed by atoms with Crippen molar-refractivity contribution < 1.29 is 43.5 Å². The number of hydrogen-bond acceptors (Lipinski definition) is 14. The second-order valence-electron chi connectivity index (χ2n) is 27.9. The molecule has 2 aliphatic carbocycles. The molecule has 4 aliphatic heterocycles. The third kappa shape index (κ3) is 21.0. The van der Waals surface area contributed by atoms with Gasteiger partial charge in [-0.15, -0.1) is 0 Å². The second-order valence-corrected chi connectivity index (χ2v) is 35.7. The van der Waals surface area contributed by atoms with E-state index >= 15 is 0 Å². The van der Waals surface area contributed by atoms with Crippen LogP contribution in [-0.2, 0) is 45.2 Å². The molecule has 4 aromatic carbocycles. The summed E-state index contributed by atoms with van der Waals surface area (Å²) in [6.07, 6.45) is 16.5. The zero-order valence-electron chi connectivity index (χ0n) is 57.5. The highest BCUT2D eigenvalue weighted by atomic mass is 32.2. The number of aliphatic hydroxyl groups is 1. The van der Waals surface area contributed by atoms with Gasteiger partial charge in [0.2, 0.25) is 20.0 Å². The molecule has 6 fully saturated rings. The first-order chi connectivity index (χ1) is 45.6. The molecular weight excluding hydrogens is 1280 g/mol. The number of sulfonamides is 2. The van der Waals surface area contributed by atoms with Crippen LogP contribution in [0.4, 0.5) is 11.4 Å². The molecule has 6 aliphatic rings. The van der Waals surface area contributed by atoms with Crippen LogP contribution in [0.1, 0.15) is 139 Å². The summed E-state index contributed by atoms with van der Waals surface area (Å²) in [6, 6.07) is 34.3. The fraction of sp³-hybridized carbons (Fsp3) is 0.662.